The summed E-state index contributed by atoms with van der Waals surface area (Å²) in [4.78, 5) is 4.54. The minimum absolute atomic E-state index is 0.318. The number of hydrogen-bond donors (Lipinski definition) is 1. The van der Waals surface area contributed by atoms with Crippen molar-refractivity contribution in [3.63, 3.8) is 0 Å². The van der Waals surface area contributed by atoms with Gasteiger partial charge in [-0.3, -0.25) is 4.98 Å². The van der Waals surface area contributed by atoms with Gasteiger partial charge in [0.05, 0.1) is 10.4 Å². The van der Waals surface area contributed by atoms with Crippen molar-refractivity contribution >= 4 is 20.9 Å². The van der Waals surface area contributed by atoms with Crippen molar-refractivity contribution < 1.29 is 8.42 Å². The van der Waals surface area contributed by atoms with Gasteiger partial charge in [0, 0.05) is 24.7 Å². The highest BCUT2D eigenvalue weighted by Crippen LogP contribution is 2.24. The number of sulfonamides is 1. The molecule has 0 saturated heterocycles. The molecule has 0 atom stereocenters. The molecule has 0 aliphatic rings. The van der Waals surface area contributed by atoms with E-state index in [9.17, 15) is 8.42 Å². The van der Waals surface area contributed by atoms with Crippen LogP contribution in [0.5, 0.6) is 0 Å². The molecule has 0 radical (unpaired) electrons. The molecule has 0 aliphatic heterocycles. The molecule has 2 rings (SSSR count). The summed E-state index contributed by atoms with van der Waals surface area (Å²) in [6, 6.07) is 8.74. The van der Waals surface area contributed by atoms with Gasteiger partial charge in [-0.25, -0.2) is 8.42 Å². The molecule has 0 aliphatic carbocycles. The molecule has 0 fully saturated rings. The van der Waals surface area contributed by atoms with Crippen LogP contribution in [0.15, 0.2) is 41.4 Å². The first-order valence-corrected chi connectivity index (χ1v) is 8.59. The molecule has 21 heavy (non-hydrogen) atoms. The topological polar surface area (TPSA) is 76.3 Å². The van der Waals surface area contributed by atoms with E-state index in [-0.39, 0.29) is 0 Å². The molecule has 1 aromatic heterocycles. The monoisotopic (exact) mass is 307 g/mol. The molecule has 6 heteroatoms. The average Bonchev–Trinajstić information content (AvgIpc) is 2.50. The van der Waals surface area contributed by atoms with E-state index in [1.807, 2.05) is 13.0 Å². The van der Waals surface area contributed by atoms with E-state index in [0.29, 0.717) is 41.9 Å². The second kappa shape index (κ2) is 6.98. The lowest BCUT2D eigenvalue weighted by Gasteiger charge is -2.22. The fourth-order valence-electron chi connectivity index (χ4n) is 2.31. The first-order chi connectivity index (χ1) is 10.1. The van der Waals surface area contributed by atoms with Gasteiger partial charge in [-0.15, -0.1) is 0 Å². The van der Waals surface area contributed by atoms with Crippen LogP contribution >= 0.6 is 0 Å². The zero-order valence-electron chi connectivity index (χ0n) is 12.2. The number of nitrogens with zero attached hydrogens (tertiary/aromatic N) is 2. The number of rotatable bonds is 7. The van der Waals surface area contributed by atoms with Gasteiger partial charge in [-0.05, 0) is 43.7 Å². The maximum Gasteiger partial charge on any atom is 0.243 e. The lowest BCUT2D eigenvalue weighted by Crippen LogP contribution is -2.33. The van der Waals surface area contributed by atoms with Crippen LogP contribution in [0.25, 0.3) is 10.9 Å². The van der Waals surface area contributed by atoms with Crippen molar-refractivity contribution in [3.05, 3.63) is 36.5 Å². The Morgan fingerprint density at radius 1 is 1.19 bits per heavy atom. The Morgan fingerprint density at radius 3 is 2.71 bits per heavy atom. The van der Waals surface area contributed by atoms with Crippen molar-refractivity contribution in [2.75, 3.05) is 19.6 Å². The van der Waals surface area contributed by atoms with Gasteiger partial charge in [0.1, 0.15) is 0 Å². The number of hydrogen-bond acceptors (Lipinski definition) is 4. The lowest BCUT2D eigenvalue weighted by atomic mass is 10.2. The van der Waals surface area contributed by atoms with Gasteiger partial charge in [-0.2, -0.15) is 4.31 Å². The number of nitrogens with two attached hydrogens (primary N) is 1. The SMILES string of the molecule is CCCN(CCCN)S(=O)(=O)c1cccc2ncccc12. The molecule has 0 amide bonds. The van der Waals surface area contributed by atoms with Gasteiger partial charge in [0.2, 0.25) is 10.0 Å². The standard InChI is InChI=1S/C15H21N3O2S/c1-2-11-18(12-5-9-16)21(19,20)15-8-3-7-14-13(15)6-4-10-17-14/h3-4,6-8,10H,2,5,9,11-12,16H2,1H3. The van der Waals surface area contributed by atoms with Crippen LogP contribution in [-0.2, 0) is 10.0 Å². The number of pyridine rings is 1. The Labute approximate surface area is 125 Å². The lowest BCUT2D eigenvalue weighted by molar-refractivity contribution is 0.406. The summed E-state index contributed by atoms with van der Waals surface area (Å²) in [6.07, 6.45) is 3.09. The molecule has 2 aromatic rings. The Hall–Kier alpha value is -1.50. The highest BCUT2D eigenvalue weighted by molar-refractivity contribution is 7.89. The smallest absolute Gasteiger partial charge is 0.243 e. The van der Waals surface area contributed by atoms with Gasteiger partial charge in [0.15, 0.2) is 0 Å². The third-order valence-corrected chi connectivity index (χ3v) is 5.26. The highest BCUT2D eigenvalue weighted by Gasteiger charge is 2.25. The summed E-state index contributed by atoms with van der Waals surface area (Å²) in [5.74, 6) is 0. The molecule has 0 bridgehead atoms. The second-order valence-corrected chi connectivity index (χ2v) is 6.78. The molecule has 1 aromatic carbocycles. The Kier molecular flexibility index (Phi) is 5.27. The van der Waals surface area contributed by atoms with Gasteiger partial charge in [0.25, 0.3) is 0 Å². The Balaban J connectivity index is 2.49. The van der Waals surface area contributed by atoms with E-state index < -0.39 is 10.0 Å². The van der Waals surface area contributed by atoms with Crippen LogP contribution in [0.1, 0.15) is 19.8 Å². The van der Waals surface area contributed by atoms with Crippen LogP contribution in [0.3, 0.4) is 0 Å². The second-order valence-electron chi connectivity index (χ2n) is 4.87. The van der Waals surface area contributed by atoms with Crippen molar-refractivity contribution in [1.82, 2.24) is 9.29 Å². The number of aromatic nitrogens is 1. The van der Waals surface area contributed by atoms with E-state index in [2.05, 4.69) is 4.98 Å². The Morgan fingerprint density at radius 2 is 2.00 bits per heavy atom. The first kappa shape index (κ1) is 15.9. The minimum atomic E-state index is -3.52. The fraction of sp³-hybridized carbons (Fsp3) is 0.400. The quantitative estimate of drug-likeness (QED) is 0.848. The predicted molar refractivity (Wildman–Crippen MR) is 84.5 cm³/mol. The van der Waals surface area contributed by atoms with Crippen molar-refractivity contribution in [2.24, 2.45) is 5.73 Å². The molecule has 0 unspecified atom stereocenters. The zero-order valence-corrected chi connectivity index (χ0v) is 13.0. The van der Waals surface area contributed by atoms with Gasteiger partial charge in [-0.1, -0.05) is 13.0 Å². The summed E-state index contributed by atoms with van der Waals surface area (Å²) in [5.41, 5.74) is 6.20. The van der Waals surface area contributed by atoms with Gasteiger partial charge >= 0.3 is 0 Å². The van der Waals surface area contributed by atoms with Crippen LogP contribution in [-0.4, -0.2) is 37.3 Å². The Bertz CT molecular complexity index is 696. The summed E-state index contributed by atoms with van der Waals surface area (Å²) >= 11 is 0. The minimum Gasteiger partial charge on any atom is -0.330 e. The molecule has 0 spiro atoms. The maximum absolute atomic E-state index is 12.9. The zero-order chi connectivity index (χ0) is 15.3. The number of fused-ring (bicyclic) bond motifs is 1. The van der Waals surface area contributed by atoms with Gasteiger partial charge < -0.3 is 5.73 Å². The van der Waals surface area contributed by atoms with Crippen LogP contribution in [0.2, 0.25) is 0 Å². The average molecular weight is 307 g/mol. The third kappa shape index (κ3) is 3.40. The van der Waals surface area contributed by atoms with Crippen LogP contribution < -0.4 is 5.73 Å². The molecule has 1 heterocycles. The van der Waals surface area contributed by atoms with Crippen LogP contribution in [0, 0.1) is 0 Å². The normalized spacial score (nSPS) is 12.1. The molecule has 2 N–H and O–H groups in total. The van der Waals surface area contributed by atoms with E-state index in [1.54, 1.807) is 30.5 Å². The maximum atomic E-state index is 12.9. The van der Waals surface area contributed by atoms with Crippen molar-refractivity contribution in [2.45, 2.75) is 24.7 Å². The van der Waals surface area contributed by atoms with Crippen LogP contribution in [0.4, 0.5) is 0 Å². The van der Waals surface area contributed by atoms with Crippen molar-refractivity contribution in [1.29, 1.82) is 0 Å². The molecular weight excluding hydrogens is 286 g/mol. The molecular formula is C15H21N3O2S. The highest BCUT2D eigenvalue weighted by atomic mass is 32.2. The largest absolute Gasteiger partial charge is 0.330 e. The summed E-state index contributed by atoms with van der Waals surface area (Å²) in [7, 11) is -3.52. The first-order valence-electron chi connectivity index (χ1n) is 7.15. The van der Waals surface area contributed by atoms with E-state index in [0.717, 1.165) is 6.42 Å². The van der Waals surface area contributed by atoms with E-state index >= 15 is 0 Å². The van der Waals surface area contributed by atoms with Crippen molar-refractivity contribution in [3.8, 4) is 0 Å². The molecule has 114 valence electrons. The predicted octanol–water partition coefficient (Wildman–Crippen LogP) is 1.98. The third-order valence-electron chi connectivity index (χ3n) is 3.31. The summed E-state index contributed by atoms with van der Waals surface area (Å²) < 4.78 is 27.3. The van der Waals surface area contributed by atoms with E-state index in [1.165, 1.54) is 4.31 Å². The summed E-state index contributed by atoms with van der Waals surface area (Å²) in [6.45, 7) is 3.39. The summed E-state index contributed by atoms with van der Waals surface area (Å²) in [5, 5.41) is 0.661. The van der Waals surface area contributed by atoms with E-state index in [4.69, 9.17) is 5.73 Å². The molecule has 5 nitrogen and oxygen atoms in total. The molecule has 0 saturated carbocycles. The fourth-order valence-corrected chi connectivity index (χ4v) is 4.08. The number of benzene rings is 1.